The molecular formula is C17H18N4O2. The van der Waals surface area contributed by atoms with Gasteiger partial charge in [0.2, 0.25) is 0 Å². The maximum Gasteiger partial charge on any atom is 0.274 e. The fraction of sp³-hybridized carbons (Fsp3) is 0.235. The smallest absolute Gasteiger partial charge is 0.274 e. The Labute approximate surface area is 135 Å². The van der Waals surface area contributed by atoms with Crippen LogP contribution in [0.15, 0.2) is 42.6 Å². The first-order valence-corrected chi connectivity index (χ1v) is 7.24. The number of amides is 1. The van der Waals surface area contributed by atoms with E-state index in [1.54, 1.807) is 49.7 Å². The van der Waals surface area contributed by atoms with Crippen LogP contribution in [0.25, 0.3) is 0 Å². The molecule has 0 bridgehead atoms. The van der Waals surface area contributed by atoms with Gasteiger partial charge in [-0.1, -0.05) is 12.1 Å². The third-order valence-corrected chi connectivity index (χ3v) is 3.15. The number of aromatic nitrogens is 1. The lowest BCUT2D eigenvalue weighted by Gasteiger charge is -2.08. The molecule has 6 nitrogen and oxygen atoms in total. The highest BCUT2D eigenvalue weighted by Gasteiger charge is 2.10. The molecule has 1 aromatic heterocycles. The normalized spacial score (nSPS) is 9.91. The van der Waals surface area contributed by atoms with Gasteiger partial charge in [-0.05, 0) is 30.7 Å². The highest BCUT2D eigenvalue weighted by atomic mass is 16.5. The van der Waals surface area contributed by atoms with Gasteiger partial charge in [-0.2, -0.15) is 5.26 Å². The molecule has 1 amide bonds. The molecule has 0 saturated carbocycles. The van der Waals surface area contributed by atoms with Crippen molar-refractivity contribution in [1.29, 1.82) is 5.26 Å². The first-order chi connectivity index (χ1) is 11.2. The van der Waals surface area contributed by atoms with Gasteiger partial charge in [-0.3, -0.25) is 4.79 Å². The van der Waals surface area contributed by atoms with Gasteiger partial charge >= 0.3 is 0 Å². The Hall–Kier alpha value is -2.91. The summed E-state index contributed by atoms with van der Waals surface area (Å²) >= 11 is 0. The van der Waals surface area contributed by atoms with Gasteiger partial charge in [0.15, 0.2) is 0 Å². The Balaban J connectivity index is 1.96. The van der Waals surface area contributed by atoms with Crippen LogP contribution >= 0.6 is 0 Å². The van der Waals surface area contributed by atoms with Crippen molar-refractivity contribution in [2.45, 2.75) is 6.42 Å². The average Bonchev–Trinajstić information content (AvgIpc) is 2.59. The number of methoxy groups -OCH3 is 1. The number of nitrogens with one attached hydrogen (secondary N) is 2. The molecule has 0 radical (unpaired) electrons. The van der Waals surface area contributed by atoms with Crippen LogP contribution in [0.3, 0.4) is 0 Å². The average molecular weight is 310 g/mol. The van der Waals surface area contributed by atoms with E-state index in [0.717, 1.165) is 18.7 Å². The zero-order chi connectivity index (χ0) is 16.5. The van der Waals surface area contributed by atoms with Gasteiger partial charge in [0.05, 0.1) is 23.1 Å². The Morgan fingerprint density at radius 1 is 1.30 bits per heavy atom. The summed E-state index contributed by atoms with van der Waals surface area (Å²) in [7, 11) is 1.67. The van der Waals surface area contributed by atoms with Crippen molar-refractivity contribution in [2.24, 2.45) is 0 Å². The standard InChI is InChI=1S/C17H18N4O2/c1-23-10-4-9-19-14-7-8-16(20-12-14)17(22)21-15-6-3-2-5-13(15)11-18/h2-3,5-8,12,19H,4,9-10H2,1H3,(H,21,22). The second-order valence-corrected chi connectivity index (χ2v) is 4.82. The van der Waals surface area contributed by atoms with E-state index in [9.17, 15) is 4.79 Å². The van der Waals surface area contributed by atoms with E-state index >= 15 is 0 Å². The lowest BCUT2D eigenvalue weighted by atomic mass is 10.2. The maximum absolute atomic E-state index is 12.2. The number of para-hydroxylation sites is 1. The highest BCUT2D eigenvalue weighted by Crippen LogP contribution is 2.15. The molecule has 1 aromatic carbocycles. The number of hydrogen-bond acceptors (Lipinski definition) is 5. The summed E-state index contributed by atoms with van der Waals surface area (Å²) in [6.07, 6.45) is 2.50. The number of carbonyl (C=O) groups excluding carboxylic acids is 1. The van der Waals surface area contributed by atoms with Crippen LogP contribution in [-0.4, -0.2) is 31.2 Å². The molecule has 0 aliphatic rings. The number of rotatable bonds is 7. The molecule has 2 rings (SSSR count). The van der Waals surface area contributed by atoms with E-state index in [2.05, 4.69) is 15.6 Å². The molecule has 23 heavy (non-hydrogen) atoms. The summed E-state index contributed by atoms with van der Waals surface area (Å²) < 4.78 is 4.97. The van der Waals surface area contributed by atoms with Crippen LogP contribution < -0.4 is 10.6 Å². The van der Waals surface area contributed by atoms with E-state index in [-0.39, 0.29) is 5.91 Å². The minimum Gasteiger partial charge on any atom is -0.385 e. The highest BCUT2D eigenvalue weighted by molar-refractivity contribution is 6.03. The number of benzene rings is 1. The van der Waals surface area contributed by atoms with E-state index in [0.29, 0.717) is 23.6 Å². The van der Waals surface area contributed by atoms with Crippen LogP contribution in [0.5, 0.6) is 0 Å². The number of ether oxygens (including phenoxy) is 1. The summed E-state index contributed by atoms with van der Waals surface area (Å²) in [6, 6.07) is 12.3. The van der Waals surface area contributed by atoms with Gasteiger partial charge in [0.1, 0.15) is 11.8 Å². The van der Waals surface area contributed by atoms with Gasteiger partial charge in [0, 0.05) is 20.3 Å². The molecule has 6 heteroatoms. The summed E-state index contributed by atoms with van der Waals surface area (Å²) in [5.74, 6) is -0.348. The Morgan fingerprint density at radius 3 is 2.83 bits per heavy atom. The van der Waals surface area contributed by atoms with Gasteiger partial charge in [-0.25, -0.2) is 4.98 Å². The molecule has 0 aliphatic heterocycles. The Kier molecular flexibility index (Phi) is 6.09. The minimum absolute atomic E-state index is 0.292. The lowest BCUT2D eigenvalue weighted by molar-refractivity contribution is 0.102. The Bertz CT molecular complexity index is 692. The molecular weight excluding hydrogens is 292 g/mol. The molecule has 2 N–H and O–H groups in total. The molecule has 1 heterocycles. The third-order valence-electron chi connectivity index (χ3n) is 3.15. The zero-order valence-electron chi connectivity index (χ0n) is 12.9. The summed E-state index contributed by atoms with van der Waals surface area (Å²) in [5, 5.41) is 14.9. The van der Waals surface area contributed by atoms with Crippen molar-refractivity contribution >= 4 is 17.3 Å². The third kappa shape index (κ3) is 4.80. The second-order valence-electron chi connectivity index (χ2n) is 4.82. The molecule has 0 saturated heterocycles. The number of nitrogens with zero attached hydrogens (tertiary/aromatic N) is 2. The van der Waals surface area contributed by atoms with Crippen molar-refractivity contribution in [2.75, 3.05) is 30.9 Å². The second kappa shape index (κ2) is 8.51. The molecule has 0 atom stereocenters. The van der Waals surface area contributed by atoms with Gasteiger partial charge in [0.25, 0.3) is 5.91 Å². The van der Waals surface area contributed by atoms with Crippen LogP contribution in [0.4, 0.5) is 11.4 Å². The molecule has 0 fully saturated rings. The van der Waals surface area contributed by atoms with E-state index in [4.69, 9.17) is 10.00 Å². The summed E-state index contributed by atoms with van der Waals surface area (Å²) in [4.78, 5) is 16.3. The van der Waals surface area contributed by atoms with Crippen LogP contribution in [0, 0.1) is 11.3 Å². The molecule has 2 aromatic rings. The summed E-state index contributed by atoms with van der Waals surface area (Å²) in [6.45, 7) is 1.47. The van der Waals surface area contributed by atoms with Crippen LogP contribution in [-0.2, 0) is 4.74 Å². The predicted molar refractivity (Wildman–Crippen MR) is 88.3 cm³/mol. The van der Waals surface area contributed by atoms with Gasteiger partial charge < -0.3 is 15.4 Å². The number of carbonyl (C=O) groups is 1. The summed E-state index contributed by atoms with van der Waals surface area (Å²) in [5.41, 5.74) is 2.02. The maximum atomic E-state index is 12.2. The number of hydrogen-bond donors (Lipinski definition) is 2. The number of nitriles is 1. The molecule has 0 aliphatic carbocycles. The lowest BCUT2D eigenvalue weighted by Crippen LogP contribution is -2.14. The van der Waals surface area contributed by atoms with Crippen molar-refractivity contribution in [3.8, 4) is 6.07 Å². The fourth-order valence-electron chi connectivity index (χ4n) is 1.96. The van der Waals surface area contributed by atoms with Crippen molar-refractivity contribution in [3.63, 3.8) is 0 Å². The molecule has 118 valence electrons. The predicted octanol–water partition coefficient (Wildman–Crippen LogP) is 2.65. The topological polar surface area (TPSA) is 87.0 Å². The number of anilines is 2. The van der Waals surface area contributed by atoms with Gasteiger partial charge in [-0.15, -0.1) is 0 Å². The Morgan fingerprint density at radius 2 is 2.13 bits per heavy atom. The first kappa shape index (κ1) is 16.5. The van der Waals surface area contributed by atoms with E-state index < -0.39 is 0 Å². The van der Waals surface area contributed by atoms with E-state index in [1.165, 1.54) is 0 Å². The largest absolute Gasteiger partial charge is 0.385 e. The van der Waals surface area contributed by atoms with Crippen molar-refractivity contribution < 1.29 is 9.53 Å². The number of pyridine rings is 1. The fourth-order valence-corrected chi connectivity index (χ4v) is 1.96. The van der Waals surface area contributed by atoms with Crippen LogP contribution in [0.1, 0.15) is 22.5 Å². The monoisotopic (exact) mass is 310 g/mol. The van der Waals surface area contributed by atoms with E-state index in [1.807, 2.05) is 6.07 Å². The van der Waals surface area contributed by atoms with Crippen LogP contribution in [0.2, 0.25) is 0 Å². The van der Waals surface area contributed by atoms with Crippen molar-refractivity contribution in [1.82, 2.24) is 4.98 Å². The zero-order valence-corrected chi connectivity index (χ0v) is 12.9. The molecule has 0 unspecified atom stereocenters. The SMILES string of the molecule is COCCCNc1ccc(C(=O)Nc2ccccc2C#N)nc1. The molecule has 0 spiro atoms. The first-order valence-electron chi connectivity index (χ1n) is 7.24. The van der Waals surface area contributed by atoms with Crippen molar-refractivity contribution in [3.05, 3.63) is 53.9 Å². The minimum atomic E-state index is -0.348. The quantitative estimate of drug-likeness (QED) is 0.768.